The van der Waals surface area contributed by atoms with Gasteiger partial charge in [0, 0.05) is 5.41 Å². The van der Waals surface area contributed by atoms with Crippen molar-refractivity contribution in [1.29, 1.82) is 0 Å². The molecule has 5 heteroatoms. The first-order chi connectivity index (χ1) is 7.26. The third-order valence-electron chi connectivity index (χ3n) is 2.82. The maximum atomic E-state index is 11.8. The van der Waals surface area contributed by atoms with Gasteiger partial charge in [-0.1, -0.05) is 20.8 Å². The lowest BCUT2D eigenvalue weighted by Gasteiger charge is -2.38. The Bertz CT molecular complexity index is 274. The van der Waals surface area contributed by atoms with E-state index < -0.39 is 11.6 Å². The summed E-state index contributed by atoms with van der Waals surface area (Å²) in [5.41, 5.74) is -0.924. The van der Waals surface area contributed by atoms with Gasteiger partial charge in [-0.3, -0.25) is 4.90 Å². The van der Waals surface area contributed by atoms with E-state index in [0.717, 1.165) is 0 Å². The minimum Gasteiger partial charge on any atom is -0.453 e. The van der Waals surface area contributed by atoms with Gasteiger partial charge in [0.25, 0.3) is 0 Å². The zero-order valence-electron chi connectivity index (χ0n) is 10.6. The van der Waals surface area contributed by atoms with E-state index in [1.54, 1.807) is 6.92 Å². The number of ether oxygens (including phenoxy) is 2. The Morgan fingerprint density at radius 3 is 2.56 bits per heavy atom. The Hall–Kier alpha value is -0.810. The van der Waals surface area contributed by atoms with Crippen LogP contribution in [0.25, 0.3) is 0 Å². The smallest absolute Gasteiger partial charge is 0.412 e. The van der Waals surface area contributed by atoms with Crippen molar-refractivity contribution in [2.24, 2.45) is 5.41 Å². The third-order valence-corrected chi connectivity index (χ3v) is 2.82. The molecule has 94 valence electrons. The van der Waals surface area contributed by atoms with Crippen molar-refractivity contribution in [3.63, 3.8) is 0 Å². The van der Waals surface area contributed by atoms with E-state index >= 15 is 0 Å². The molecule has 1 aliphatic heterocycles. The summed E-state index contributed by atoms with van der Waals surface area (Å²) in [4.78, 5) is 13.3. The molecule has 1 N–H and O–H groups in total. The molecule has 0 bridgehead atoms. The summed E-state index contributed by atoms with van der Waals surface area (Å²) in [7, 11) is 1.33. The highest BCUT2D eigenvalue weighted by atomic mass is 16.6. The van der Waals surface area contributed by atoms with Crippen molar-refractivity contribution in [2.75, 3.05) is 20.3 Å². The Morgan fingerprint density at radius 1 is 1.62 bits per heavy atom. The number of rotatable bonds is 1. The summed E-state index contributed by atoms with van der Waals surface area (Å²) in [6.07, 6.45) is -0.842. The number of carbonyl (C=O) groups excluding carboxylic acids is 1. The van der Waals surface area contributed by atoms with Crippen molar-refractivity contribution >= 4 is 6.09 Å². The summed E-state index contributed by atoms with van der Waals surface area (Å²) in [6.45, 7) is 7.91. The quantitative estimate of drug-likeness (QED) is 0.737. The van der Waals surface area contributed by atoms with Gasteiger partial charge in [-0.05, 0) is 6.92 Å². The number of carbonyl (C=O) groups is 1. The lowest BCUT2D eigenvalue weighted by molar-refractivity contribution is -0.0489. The predicted molar refractivity (Wildman–Crippen MR) is 58.9 cm³/mol. The van der Waals surface area contributed by atoms with E-state index in [0.29, 0.717) is 6.61 Å². The molecule has 0 saturated carbocycles. The second kappa shape index (κ2) is 4.22. The van der Waals surface area contributed by atoms with Crippen molar-refractivity contribution in [2.45, 2.75) is 39.5 Å². The molecule has 0 radical (unpaired) electrons. The van der Waals surface area contributed by atoms with E-state index in [9.17, 15) is 9.90 Å². The molecule has 0 aliphatic carbocycles. The van der Waals surface area contributed by atoms with Gasteiger partial charge in [0.2, 0.25) is 0 Å². The number of methoxy groups -OCH3 is 1. The first-order valence-corrected chi connectivity index (χ1v) is 5.36. The molecule has 0 aromatic carbocycles. The largest absolute Gasteiger partial charge is 0.453 e. The van der Waals surface area contributed by atoms with E-state index in [2.05, 4.69) is 0 Å². The van der Waals surface area contributed by atoms with Crippen LogP contribution in [0.1, 0.15) is 27.7 Å². The molecule has 0 aromatic heterocycles. The normalized spacial score (nSPS) is 30.6. The molecule has 1 rings (SSSR count). The molecule has 0 unspecified atom stereocenters. The van der Waals surface area contributed by atoms with Crippen molar-refractivity contribution in [1.82, 2.24) is 4.90 Å². The number of aliphatic hydroxyl groups excluding tert-OH is 1. The molecular formula is C11H21NO4. The molecule has 1 saturated heterocycles. The van der Waals surface area contributed by atoms with E-state index in [1.807, 2.05) is 20.8 Å². The van der Waals surface area contributed by atoms with Gasteiger partial charge in [0.15, 0.2) is 0 Å². The van der Waals surface area contributed by atoms with E-state index in [4.69, 9.17) is 9.47 Å². The van der Waals surface area contributed by atoms with Gasteiger partial charge < -0.3 is 14.6 Å². The molecule has 0 spiro atoms. The highest BCUT2D eigenvalue weighted by Gasteiger charge is 2.51. The maximum Gasteiger partial charge on any atom is 0.412 e. The first kappa shape index (κ1) is 13.3. The summed E-state index contributed by atoms with van der Waals surface area (Å²) in [5.74, 6) is 0. The zero-order valence-corrected chi connectivity index (χ0v) is 10.6. The molecule has 2 atom stereocenters. The number of hydrogen-bond donors (Lipinski definition) is 1. The van der Waals surface area contributed by atoms with Crippen LogP contribution in [-0.4, -0.2) is 48.2 Å². The highest BCUT2D eigenvalue weighted by Crippen LogP contribution is 2.37. The molecule has 1 amide bonds. The fourth-order valence-corrected chi connectivity index (χ4v) is 1.86. The Morgan fingerprint density at radius 2 is 2.19 bits per heavy atom. The zero-order chi connectivity index (χ0) is 12.6. The molecule has 1 aliphatic rings. The fourth-order valence-electron chi connectivity index (χ4n) is 1.86. The molecule has 1 heterocycles. The van der Waals surface area contributed by atoms with Crippen LogP contribution in [0.3, 0.4) is 0 Å². The molecule has 1 fully saturated rings. The van der Waals surface area contributed by atoms with Gasteiger partial charge in [0.1, 0.15) is 6.23 Å². The van der Waals surface area contributed by atoms with Crippen LogP contribution in [-0.2, 0) is 9.47 Å². The summed E-state index contributed by atoms with van der Waals surface area (Å²) < 4.78 is 10.4. The lowest BCUT2D eigenvalue weighted by Crippen LogP contribution is -2.55. The van der Waals surface area contributed by atoms with Crippen molar-refractivity contribution < 1.29 is 19.4 Å². The van der Waals surface area contributed by atoms with E-state index in [1.165, 1.54) is 12.0 Å². The van der Waals surface area contributed by atoms with E-state index in [-0.39, 0.29) is 18.2 Å². The second-order valence-corrected chi connectivity index (χ2v) is 5.52. The SMILES string of the molecule is COC(=O)N1[C@@H](C(C)(C)C)OC[C@]1(C)CO. The van der Waals surface area contributed by atoms with Crippen LogP contribution in [0.4, 0.5) is 4.79 Å². The average molecular weight is 231 g/mol. The van der Waals surface area contributed by atoms with Gasteiger partial charge >= 0.3 is 6.09 Å². The maximum absolute atomic E-state index is 11.8. The fraction of sp³-hybridized carbons (Fsp3) is 0.909. The van der Waals surface area contributed by atoms with Crippen LogP contribution in [0, 0.1) is 5.41 Å². The second-order valence-electron chi connectivity index (χ2n) is 5.52. The van der Waals surface area contributed by atoms with Gasteiger partial charge in [0.05, 0.1) is 25.9 Å². The Kier molecular flexibility index (Phi) is 3.50. The number of nitrogens with zero attached hydrogens (tertiary/aromatic N) is 1. The van der Waals surface area contributed by atoms with Crippen LogP contribution >= 0.6 is 0 Å². The number of amides is 1. The van der Waals surface area contributed by atoms with Crippen LogP contribution < -0.4 is 0 Å². The first-order valence-electron chi connectivity index (χ1n) is 5.36. The molecule has 0 aromatic rings. The molecule has 5 nitrogen and oxygen atoms in total. The summed E-state index contributed by atoms with van der Waals surface area (Å²) >= 11 is 0. The summed E-state index contributed by atoms with van der Waals surface area (Å²) in [5, 5.41) is 9.39. The summed E-state index contributed by atoms with van der Waals surface area (Å²) in [6, 6.07) is 0. The van der Waals surface area contributed by atoms with Crippen LogP contribution in [0.5, 0.6) is 0 Å². The lowest BCUT2D eigenvalue weighted by atomic mass is 9.92. The van der Waals surface area contributed by atoms with Crippen LogP contribution in [0.15, 0.2) is 0 Å². The number of hydrogen-bond acceptors (Lipinski definition) is 4. The van der Waals surface area contributed by atoms with Crippen molar-refractivity contribution in [3.05, 3.63) is 0 Å². The number of aliphatic hydroxyl groups is 1. The highest BCUT2D eigenvalue weighted by molar-refractivity contribution is 5.69. The Balaban J connectivity index is 3.02. The van der Waals surface area contributed by atoms with Gasteiger partial charge in [-0.2, -0.15) is 0 Å². The van der Waals surface area contributed by atoms with Crippen molar-refractivity contribution in [3.8, 4) is 0 Å². The third kappa shape index (κ3) is 2.15. The minimum absolute atomic E-state index is 0.144. The minimum atomic E-state index is -0.703. The molecular weight excluding hydrogens is 210 g/mol. The monoisotopic (exact) mass is 231 g/mol. The van der Waals surface area contributed by atoms with Gasteiger partial charge in [-0.25, -0.2) is 4.79 Å². The Labute approximate surface area is 96.3 Å². The molecule has 16 heavy (non-hydrogen) atoms. The predicted octanol–water partition coefficient (Wildman–Crippen LogP) is 1.21. The topological polar surface area (TPSA) is 59.0 Å². The van der Waals surface area contributed by atoms with Gasteiger partial charge in [-0.15, -0.1) is 0 Å². The van der Waals surface area contributed by atoms with Crippen LogP contribution in [0.2, 0.25) is 0 Å². The average Bonchev–Trinajstić information content (AvgIpc) is 2.55. The standard InChI is InChI=1S/C11H21NO4/c1-10(2,3)8-12(9(14)15-5)11(4,6-13)7-16-8/h8,13H,6-7H2,1-5H3/t8-,11+/m1/s1.